The molecular formula is C24H32Cl2N2O5S. The maximum Gasteiger partial charge on any atom is 0.264 e. The fourth-order valence-corrected chi connectivity index (χ4v) is 4.06. The lowest BCUT2D eigenvalue weighted by Crippen LogP contribution is -2.39. The van der Waals surface area contributed by atoms with Crippen LogP contribution in [-0.4, -0.2) is 70.3 Å². The van der Waals surface area contributed by atoms with Gasteiger partial charge in [0.05, 0.1) is 41.5 Å². The zero-order valence-electron chi connectivity index (χ0n) is 20.1. The van der Waals surface area contributed by atoms with Crippen LogP contribution in [0.25, 0.3) is 0 Å². The van der Waals surface area contributed by atoms with Gasteiger partial charge in [0.15, 0.2) is 0 Å². The molecule has 2 aromatic carbocycles. The number of benzene rings is 2. The van der Waals surface area contributed by atoms with Gasteiger partial charge in [0.2, 0.25) is 5.91 Å². The van der Waals surface area contributed by atoms with Gasteiger partial charge in [-0.3, -0.25) is 13.9 Å². The van der Waals surface area contributed by atoms with E-state index in [0.717, 1.165) is 23.1 Å². The molecule has 1 unspecified atom stereocenters. The van der Waals surface area contributed by atoms with Crippen LogP contribution >= 0.6 is 23.2 Å². The number of likely N-dealkylation sites (N-methyl/N-ethyl adjacent to an activating group) is 2. The van der Waals surface area contributed by atoms with Crippen molar-refractivity contribution in [1.29, 1.82) is 0 Å². The third-order valence-corrected chi connectivity index (χ3v) is 6.43. The van der Waals surface area contributed by atoms with E-state index in [-0.39, 0.29) is 31.1 Å². The Balaban J connectivity index is 2.15. The van der Waals surface area contributed by atoms with E-state index in [4.69, 9.17) is 32.1 Å². The summed E-state index contributed by atoms with van der Waals surface area (Å²) in [7, 11) is 0.0306. The molecule has 0 saturated heterocycles. The van der Waals surface area contributed by atoms with E-state index in [1.54, 1.807) is 24.1 Å². The number of rotatable bonds is 12. The smallest absolute Gasteiger partial charge is 0.264 e. The average Bonchev–Trinajstić information content (AvgIpc) is 2.72. The molecule has 7 nitrogen and oxygen atoms in total. The highest BCUT2D eigenvalue weighted by atomic mass is 35.5. The molecule has 0 saturated carbocycles. The van der Waals surface area contributed by atoms with Gasteiger partial charge in [0, 0.05) is 20.1 Å². The quantitative estimate of drug-likeness (QED) is 0.378. The average molecular weight is 532 g/mol. The lowest BCUT2D eigenvalue weighted by molar-refractivity contribution is -0.129. The molecule has 0 aliphatic carbocycles. The molecule has 188 valence electrons. The van der Waals surface area contributed by atoms with E-state index in [0.29, 0.717) is 23.1 Å². The van der Waals surface area contributed by atoms with Gasteiger partial charge in [-0.1, -0.05) is 41.4 Å². The third-order valence-electron chi connectivity index (χ3n) is 5.10. The lowest BCUT2D eigenvalue weighted by Gasteiger charge is -2.32. The van der Waals surface area contributed by atoms with Crippen molar-refractivity contribution in [2.75, 3.05) is 40.0 Å². The van der Waals surface area contributed by atoms with Gasteiger partial charge in [-0.05, 0) is 56.3 Å². The fourth-order valence-electron chi connectivity index (χ4n) is 3.38. The van der Waals surface area contributed by atoms with Crippen molar-refractivity contribution in [2.45, 2.75) is 32.4 Å². The predicted octanol–water partition coefficient (Wildman–Crippen LogP) is 4.43. The van der Waals surface area contributed by atoms with Crippen LogP contribution in [0.1, 0.15) is 31.0 Å². The second kappa shape index (κ2) is 12.7. The van der Waals surface area contributed by atoms with Gasteiger partial charge in [-0.15, -0.1) is 0 Å². The molecule has 0 N–H and O–H groups in total. The second-order valence-corrected chi connectivity index (χ2v) is 10.9. The summed E-state index contributed by atoms with van der Waals surface area (Å²) >= 11 is 12.3. The highest BCUT2D eigenvalue weighted by Crippen LogP contribution is 2.28. The largest absolute Gasteiger partial charge is 0.491 e. The molecule has 2 rings (SSSR count). The van der Waals surface area contributed by atoms with Crippen LogP contribution in [-0.2, 0) is 25.5 Å². The van der Waals surface area contributed by atoms with E-state index in [2.05, 4.69) is 0 Å². The minimum absolute atomic E-state index is 0.00649. The Morgan fingerprint density at radius 2 is 1.76 bits per heavy atom. The van der Waals surface area contributed by atoms with E-state index in [1.807, 2.05) is 56.1 Å². The van der Waals surface area contributed by atoms with Gasteiger partial charge >= 0.3 is 0 Å². The van der Waals surface area contributed by atoms with Gasteiger partial charge in [-0.2, -0.15) is 8.42 Å². The number of hydrogen-bond donors (Lipinski definition) is 0. The van der Waals surface area contributed by atoms with Crippen LogP contribution < -0.4 is 4.74 Å². The minimum Gasteiger partial charge on any atom is -0.491 e. The summed E-state index contributed by atoms with van der Waals surface area (Å²) in [5.74, 6) is 0.662. The molecule has 0 aliphatic heterocycles. The Hall–Kier alpha value is -1.84. The zero-order chi connectivity index (χ0) is 25.5. The van der Waals surface area contributed by atoms with E-state index >= 15 is 0 Å². The number of carbonyl (C=O) groups excluding carboxylic acids is 1. The number of carbonyl (C=O) groups is 1. The molecule has 10 heteroatoms. The van der Waals surface area contributed by atoms with Crippen molar-refractivity contribution in [3.63, 3.8) is 0 Å². The van der Waals surface area contributed by atoms with Gasteiger partial charge in [0.1, 0.15) is 5.75 Å². The Kier molecular flexibility index (Phi) is 10.6. The molecule has 0 radical (unpaired) electrons. The van der Waals surface area contributed by atoms with Crippen molar-refractivity contribution in [3.05, 3.63) is 63.6 Å². The van der Waals surface area contributed by atoms with E-state index in [1.165, 1.54) is 0 Å². The van der Waals surface area contributed by atoms with Crippen LogP contribution in [0.5, 0.6) is 5.75 Å². The molecular weight excluding hydrogens is 499 g/mol. The van der Waals surface area contributed by atoms with Crippen molar-refractivity contribution < 1.29 is 22.1 Å². The molecule has 1 amide bonds. The van der Waals surface area contributed by atoms with Crippen molar-refractivity contribution in [2.24, 2.45) is 0 Å². The molecule has 0 bridgehead atoms. The molecule has 0 heterocycles. The molecule has 0 spiro atoms. The normalized spacial score (nSPS) is 12.7. The third kappa shape index (κ3) is 9.43. The monoisotopic (exact) mass is 530 g/mol. The topological polar surface area (TPSA) is 76.2 Å². The summed E-state index contributed by atoms with van der Waals surface area (Å²) in [6.07, 6.45) is 1.28. The Bertz CT molecular complexity index is 1080. The Morgan fingerprint density at radius 1 is 1.06 bits per heavy atom. The van der Waals surface area contributed by atoms with Crippen LogP contribution in [0.15, 0.2) is 42.5 Å². The number of nitrogens with zero attached hydrogens (tertiary/aromatic N) is 2. The maximum absolute atomic E-state index is 13.0. The van der Waals surface area contributed by atoms with Crippen LogP contribution in [0.3, 0.4) is 0 Å². The van der Waals surface area contributed by atoms with Gasteiger partial charge < -0.3 is 9.64 Å². The summed E-state index contributed by atoms with van der Waals surface area (Å²) in [6, 6.07) is 12.5. The maximum atomic E-state index is 13.0. The van der Waals surface area contributed by atoms with E-state index < -0.39 is 10.1 Å². The summed E-state index contributed by atoms with van der Waals surface area (Å²) in [5.41, 5.74) is 1.71. The Labute approximate surface area is 212 Å². The lowest BCUT2D eigenvalue weighted by atomic mass is 10.0. The highest BCUT2D eigenvalue weighted by Gasteiger charge is 2.23. The van der Waals surface area contributed by atoms with E-state index in [9.17, 15) is 13.2 Å². The van der Waals surface area contributed by atoms with Crippen LogP contribution in [0, 0.1) is 0 Å². The standard InChI is InChI=1S/C24H32Cl2N2O5S/c1-17(2)33-20-8-6-7-18(13-20)14-24(29)28(4)16-23(19-9-10-21(25)22(26)15-19)27(3)11-12-32-34(5,30)31/h6-10,13,15,17,23H,11-12,14,16H2,1-5H3. The first-order valence-electron chi connectivity index (χ1n) is 10.8. The van der Waals surface area contributed by atoms with Crippen LogP contribution in [0.2, 0.25) is 10.0 Å². The summed E-state index contributed by atoms with van der Waals surface area (Å²) < 4.78 is 33.3. The summed E-state index contributed by atoms with van der Waals surface area (Å²) in [5, 5.41) is 0.834. The second-order valence-electron chi connectivity index (χ2n) is 8.46. The van der Waals surface area contributed by atoms with Gasteiger partial charge in [-0.25, -0.2) is 0 Å². The molecule has 34 heavy (non-hydrogen) atoms. The predicted molar refractivity (Wildman–Crippen MR) is 136 cm³/mol. The molecule has 0 fully saturated rings. The van der Waals surface area contributed by atoms with Crippen LogP contribution in [0.4, 0.5) is 0 Å². The first-order chi connectivity index (χ1) is 15.9. The van der Waals surface area contributed by atoms with Gasteiger partial charge in [0.25, 0.3) is 10.1 Å². The summed E-state index contributed by atoms with van der Waals surface area (Å²) in [6.45, 7) is 4.58. The minimum atomic E-state index is -3.54. The SMILES string of the molecule is CC(C)Oc1cccc(CC(=O)N(C)CC(c2ccc(Cl)c(Cl)c2)N(C)CCOS(C)(=O)=O)c1. The number of hydrogen-bond acceptors (Lipinski definition) is 6. The number of halogens is 2. The van der Waals surface area contributed by atoms with Crippen molar-refractivity contribution in [1.82, 2.24) is 9.80 Å². The first kappa shape index (κ1) is 28.4. The molecule has 0 aromatic heterocycles. The van der Waals surface area contributed by atoms with Crippen molar-refractivity contribution in [3.8, 4) is 5.75 Å². The number of amides is 1. The molecule has 0 aliphatic rings. The zero-order valence-corrected chi connectivity index (χ0v) is 22.5. The Morgan fingerprint density at radius 3 is 2.38 bits per heavy atom. The first-order valence-corrected chi connectivity index (χ1v) is 13.4. The fraction of sp³-hybridized carbons (Fsp3) is 0.458. The summed E-state index contributed by atoms with van der Waals surface area (Å²) in [4.78, 5) is 16.6. The molecule has 1 atom stereocenters. The highest BCUT2D eigenvalue weighted by molar-refractivity contribution is 7.85. The molecule has 2 aromatic rings. The van der Waals surface area contributed by atoms with Crippen molar-refractivity contribution >= 4 is 39.2 Å². The number of ether oxygens (including phenoxy) is 1.